The number of piperidine rings is 1. The van der Waals surface area contributed by atoms with Crippen molar-refractivity contribution in [2.45, 2.75) is 25.6 Å². The van der Waals surface area contributed by atoms with Gasteiger partial charge in [0, 0.05) is 20.1 Å². The van der Waals surface area contributed by atoms with Gasteiger partial charge in [-0.2, -0.15) is 5.10 Å². The van der Waals surface area contributed by atoms with Gasteiger partial charge < -0.3 is 15.1 Å². The summed E-state index contributed by atoms with van der Waals surface area (Å²) in [6.45, 7) is 2.88. The molecule has 0 spiro atoms. The van der Waals surface area contributed by atoms with E-state index in [4.69, 9.17) is 0 Å². The van der Waals surface area contributed by atoms with Crippen LogP contribution in [0.3, 0.4) is 0 Å². The summed E-state index contributed by atoms with van der Waals surface area (Å²) in [6.07, 6.45) is 0.882. The predicted octanol–water partition coefficient (Wildman–Crippen LogP) is -0.396. The number of hydrogen-bond acceptors (Lipinski definition) is 6. The van der Waals surface area contributed by atoms with Crippen molar-refractivity contribution in [1.29, 1.82) is 0 Å². The Morgan fingerprint density at radius 3 is 2.79 bits per heavy atom. The van der Waals surface area contributed by atoms with E-state index >= 15 is 0 Å². The summed E-state index contributed by atoms with van der Waals surface area (Å²) in [5, 5.41) is 24.5. The van der Waals surface area contributed by atoms with E-state index in [2.05, 4.69) is 15.1 Å². The second-order valence-electron chi connectivity index (χ2n) is 4.97. The summed E-state index contributed by atoms with van der Waals surface area (Å²) in [4.78, 5) is 10.8. The monoisotopic (exact) mass is 263 g/mol. The van der Waals surface area contributed by atoms with Gasteiger partial charge in [-0.05, 0) is 13.3 Å². The lowest BCUT2D eigenvalue weighted by atomic mass is 10.1. The molecule has 2 aromatic rings. The molecule has 0 amide bonds. The molecule has 19 heavy (non-hydrogen) atoms. The number of nitrogens with zero attached hydrogens (tertiary/aromatic N) is 5. The molecule has 0 aliphatic carbocycles. The molecule has 0 unspecified atom stereocenters. The molecule has 1 fully saturated rings. The molecule has 3 rings (SSSR count). The first-order chi connectivity index (χ1) is 9.06. The van der Waals surface area contributed by atoms with Crippen LogP contribution in [0.1, 0.15) is 12.2 Å². The maximum atomic E-state index is 9.80. The Morgan fingerprint density at radius 2 is 2.05 bits per heavy atom. The van der Waals surface area contributed by atoms with Gasteiger partial charge in [0.15, 0.2) is 5.65 Å². The van der Waals surface area contributed by atoms with Crippen molar-refractivity contribution >= 4 is 16.9 Å². The number of hydrogen-bond donors (Lipinski definition) is 2. The lowest BCUT2D eigenvalue weighted by Gasteiger charge is -2.34. The van der Waals surface area contributed by atoms with Crippen LogP contribution >= 0.6 is 0 Å². The first-order valence-corrected chi connectivity index (χ1v) is 6.33. The SMILES string of the molecule is Cc1nc(N2CC[C@H](O)[C@@H](O)C2)c2cnn(C)c2n1. The highest BCUT2D eigenvalue weighted by Gasteiger charge is 2.28. The molecule has 3 heterocycles. The zero-order valence-electron chi connectivity index (χ0n) is 11.0. The van der Waals surface area contributed by atoms with Gasteiger partial charge in [-0.1, -0.05) is 0 Å². The number of aromatic nitrogens is 4. The number of anilines is 1. The average Bonchev–Trinajstić information content (AvgIpc) is 2.74. The standard InChI is InChI=1S/C12H17N5O2/c1-7-14-11-8(5-13-16(11)2)12(15-7)17-4-3-9(18)10(19)6-17/h5,9-10,18-19H,3-4,6H2,1-2H3/t9-,10-/m0/s1. The molecule has 1 aliphatic rings. The van der Waals surface area contributed by atoms with Crippen molar-refractivity contribution in [1.82, 2.24) is 19.7 Å². The Bertz CT molecular complexity index is 611. The Morgan fingerprint density at radius 1 is 1.26 bits per heavy atom. The number of β-amino-alcohol motifs (C(OH)–C–C–N with tert-alkyl or cyclic N) is 1. The molecule has 0 bridgehead atoms. The number of aliphatic hydroxyl groups is 2. The van der Waals surface area contributed by atoms with Crippen LogP contribution in [0.5, 0.6) is 0 Å². The third-order valence-corrected chi connectivity index (χ3v) is 3.53. The van der Waals surface area contributed by atoms with E-state index in [-0.39, 0.29) is 0 Å². The van der Waals surface area contributed by atoms with E-state index < -0.39 is 12.2 Å². The molecule has 0 radical (unpaired) electrons. The van der Waals surface area contributed by atoms with Gasteiger partial charge >= 0.3 is 0 Å². The van der Waals surface area contributed by atoms with Crippen LogP contribution in [0.15, 0.2) is 6.20 Å². The highest BCUT2D eigenvalue weighted by molar-refractivity contribution is 5.87. The van der Waals surface area contributed by atoms with E-state index in [1.54, 1.807) is 10.9 Å². The minimum Gasteiger partial charge on any atom is -0.390 e. The first kappa shape index (κ1) is 12.3. The quantitative estimate of drug-likeness (QED) is 0.728. The fraction of sp³-hybridized carbons (Fsp3) is 0.583. The topological polar surface area (TPSA) is 87.3 Å². The zero-order valence-corrected chi connectivity index (χ0v) is 11.0. The summed E-state index contributed by atoms with van der Waals surface area (Å²) in [5.41, 5.74) is 0.781. The normalized spacial score (nSPS) is 24.1. The molecule has 0 saturated carbocycles. The summed E-state index contributed by atoms with van der Waals surface area (Å²) in [6, 6.07) is 0. The van der Waals surface area contributed by atoms with Gasteiger partial charge in [-0.15, -0.1) is 0 Å². The van der Waals surface area contributed by atoms with E-state index in [0.717, 1.165) is 16.9 Å². The van der Waals surface area contributed by atoms with Crippen LogP contribution < -0.4 is 4.90 Å². The summed E-state index contributed by atoms with van der Waals surface area (Å²) in [7, 11) is 1.84. The van der Waals surface area contributed by atoms with Crippen LogP contribution in [-0.4, -0.2) is 55.3 Å². The first-order valence-electron chi connectivity index (χ1n) is 6.33. The van der Waals surface area contributed by atoms with E-state index in [1.165, 1.54) is 0 Å². The number of fused-ring (bicyclic) bond motifs is 1. The lowest BCUT2D eigenvalue weighted by molar-refractivity contribution is 0.00791. The van der Waals surface area contributed by atoms with Gasteiger partial charge in [0.25, 0.3) is 0 Å². The molecule has 102 valence electrons. The fourth-order valence-electron chi connectivity index (χ4n) is 2.47. The van der Waals surface area contributed by atoms with Crippen LogP contribution in [-0.2, 0) is 7.05 Å². The minimum atomic E-state index is -0.740. The molecule has 2 atom stereocenters. The van der Waals surface area contributed by atoms with E-state index in [9.17, 15) is 10.2 Å². The summed E-state index contributed by atoms with van der Waals surface area (Å²) in [5.74, 6) is 1.45. The van der Waals surface area contributed by atoms with Crippen LogP contribution in [0.2, 0.25) is 0 Å². The van der Waals surface area contributed by atoms with Gasteiger partial charge in [0.05, 0.1) is 23.8 Å². The second kappa shape index (κ2) is 4.43. The molecule has 1 saturated heterocycles. The van der Waals surface area contributed by atoms with Crippen molar-refractivity contribution in [2.24, 2.45) is 7.05 Å². The third-order valence-electron chi connectivity index (χ3n) is 3.53. The predicted molar refractivity (Wildman–Crippen MR) is 69.9 cm³/mol. The average molecular weight is 263 g/mol. The molecule has 7 nitrogen and oxygen atoms in total. The summed E-state index contributed by atoms with van der Waals surface area (Å²) < 4.78 is 1.71. The third kappa shape index (κ3) is 2.04. The van der Waals surface area contributed by atoms with Gasteiger partial charge in [0.2, 0.25) is 0 Å². The van der Waals surface area contributed by atoms with Gasteiger partial charge in [0.1, 0.15) is 11.6 Å². The summed E-state index contributed by atoms with van der Waals surface area (Å²) >= 11 is 0. The molecule has 7 heteroatoms. The second-order valence-corrected chi connectivity index (χ2v) is 4.97. The Kier molecular flexibility index (Phi) is 2.87. The van der Waals surface area contributed by atoms with Crippen molar-refractivity contribution in [3.8, 4) is 0 Å². The minimum absolute atomic E-state index is 0.377. The van der Waals surface area contributed by atoms with Crippen molar-refractivity contribution in [3.63, 3.8) is 0 Å². The number of aryl methyl sites for hydroxylation is 2. The molecule has 2 aromatic heterocycles. The maximum absolute atomic E-state index is 9.80. The van der Waals surface area contributed by atoms with E-state index in [0.29, 0.717) is 25.3 Å². The highest BCUT2D eigenvalue weighted by Crippen LogP contribution is 2.26. The fourth-order valence-corrected chi connectivity index (χ4v) is 2.47. The zero-order chi connectivity index (χ0) is 13.6. The van der Waals surface area contributed by atoms with Crippen LogP contribution in [0, 0.1) is 6.92 Å². The molecular weight excluding hydrogens is 246 g/mol. The number of aliphatic hydroxyl groups excluding tert-OH is 2. The lowest BCUT2D eigenvalue weighted by Crippen LogP contribution is -2.47. The number of rotatable bonds is 1. The van der Waals surface area contributed by atoms with Crippen molar-refractivity contribution < 1.29 is 10.2 Å². The van der Waals surface area contributed by atoms with Crippen molar-refractivity contribution in [3.05, 3.63) is 12.0 Å². The Labute approximate surface area is 110 Å². The largest absolute Gasteiger partial charge is 0.390 e. The Balaban J connectivity index is 2.05. The Hall–Kier alpha value is -1.73. The molecule has 0 aromatic carbocycles. The van der Waals surface area contributed by atoms with Crippen LogP contribution in [0.25, 0.3) is 11.0 Å². The highest BCUT2D eigenvalue weighted by atomic mass is 16.3. The molecular formula is C12H17N5O2. The maximum Gasteiger partial charge on any atom is 0.163 e. The molecule has 1 aliphatic heterocycles. The van der Waals surface area contributed by atoms with Gasteiger partial charge in [-0.25, -0.2) is 9.97 Å². The smallest absolute Gasteiger partial charge is 0.163 e. The van der Waals surface area contributed by atoms with Gasteiger partial charge in [-0.3, -0.25) is 4.68 Å². The molecule has 2 N–H and O–H groups in total. The van der Waals surface area contributed by atoms with Crippen LogP contribution in [0.4, 0.5) is 5.82 Å². The van der Waals surface area contributed by atoms with E-state index in [1.807, 2.05) is 18.9 Å². The van der Waals surface area contributed by atoms with Crippen molar-refractivity contribution in [2.75, 3.05) is 18.0 Å².